The van der Waals surface area contributed by atoms with Crippen LogP contribution >= 0.6 is 0 Å². The minimum atomic E-state index is 0.380. The van der Waals surface area contributed by atoms with E-state index in [1.54, 1.807) is 0 Å². The molecule has 0 aromatic rings. The molecule has 0 radical (unpaired) electrons. The molecule has 0 bridgehead atoms. The standard InChI is InChI=1S/C13H21NO/c1-13(2)10-7-14(8-11(10)13)12(15)9-5-3-4-6-9/h9-11H,3-8H2,1-2H3. The van der Waals surface area contributed by atoms with Crippen LogP contribution in [-0.2, 0) is 4.79 Å². The first-order chi connectivity index (χ1) is 7.10. The summed E-state index contributed by atoms with van der Waals surface area (Å²) in [5.41, 5.74) is 0.534. The molecule has 1 amide bonds. The monoisotopic (exact) mass is 207 g/mol. The number of carbonyl (C=O) groups is 1. The third kappa shape index (κ3) is 1.33. The molecule has 3 fully saturated rings. The molecular weight excluding hydrogens is 186 g/mol. The Morgan fingerprint density at radius 1 is 1.13 bits per heavy atom. The van der Waals surface area contributed by atoms with E-state index in [4.69, 9.17) is 0 Å². The van der Waals surface area contributed by atoms with Gasteiger partial charge in [-0.3, -0.25) is 4.79 Å². The van der Waals surface area contributed by atoms with Crippen molar-refractivity contribution in [2.75, 3.05) is 13.1 Å². The number of nitrogens with zero attached hydrogens (tertiary/aromatic N) is 1. The molecule has 0 N–H and O–H groups in total. The SMILES string of the molecule is CC1(C)C2CN(C(=O)C3CCCC3)CC21. The van der Waals surface area contributed by atoms with Crippen molar-refractivity contribution in [3.05, 3.63) is 0 Å². The van der Waals surface area contributed by atoms with Crippen molar-refractivity contribution < 1.29 is 4.79 Å². The highest BCUT2D eigenvalue weighted by molar-refractivity contribution is 5.79. The van der Waals surface area contributed by atoms with Crippen LogP contribution in [0.15, 0.2) is 0 Å². The highest BCUT2D eigenvalue weighted by atomic mass is 16.2. The van der Waals surface area contributed by atoms with Crippen molar-refractivity contribution in [3.63, 3.8) is 0 Å². The van der Waals surface area contributed by atoms with E-state index in [1.807, 2.05) is 0 Å². The summed E-state index contributed by atoms with van der Waals surface area (Å²) in [7, 11) is 0. The van der Waals surface area contributed by atoms with Crippen LogP contribution in [0, 0.1) is 23.2 Å². The quantitative estimate of drug-likeness (QED) is 0.646. The number of likely N-dealkylation sites (tertiary alicyclic amines) is 1. The lowest BCUT2D eigenvalue weighted by Gasteiger charge is -2.24. The molecule has 2 nitrogen and oxygen atoms in total. The van der Waals surface area contributed by atoms with Crippen molar-refractivity contribution in [2.45, 2.75) is 39.5 Å². The maximum absolute atomic E-state index is 12.2. The first kappa shape index (κ1) is 9.68. The maximum Gasteiger partial charge on any atom is 0.225 e. The number of rotatable bonds is 1. The Morgan fingerprint density at radius 2 is 1.67 bits per heavy atom. The molecule has 15 heavy (non-hydrogen) atoms. The van der Waals surface area contributed by atoms with Gasteiger partial charge in [0.05, 0.1) is 0 Å². The lowest BCUT2D eigenvalue weighted by molar-refractivity contribution is -0.135. The summed E-state index contributed by atoms with van der Waals surface area (Å²) >= 11 is 0. The fraction of sp³-hybridized carbons (Fsp3) is 0.923. The molecule has 3 aliphatic rings. The summed E-state index contributed by atoms with van der Waals surface area (Å²) in [6, 6.07) is 0. The Labute approximate surface area is 92.0 Å². The van der Waals surface area contributed by atoms with Gasteiger partial charge in [-0.2, -0.15) is 0 Å². The van der Waals surface area contributed by atoms with Gasteiger partial charge in [-0.15, -0.1) is 0 Å². The van der Waals surface area contributed by atoms with Gasteiger partial charge in [0, 0.05) is 19.0 Å². The minimum absolute atomic E-state index is 0.380. The van der Waals surface area contributed by atoms with Crippen molar-refractivity contribution in [1.82, 2.24) is 4.90 Å². The highest BCUT2D eigenvalue weighted by Gasteiger charge is 2.62. The van der Waals surface area contributed by atoms with Gasteiger partial charge in [0.1, 0.15) is 0 Å². The fourth-order valence-corrected chi connectivity index (χ4v) is 3.74. The van der Waals surface area contributed by atoms with Gasteiger partial charge in [0.2, 0.25) is 5.91 Å². The third-order valence-electron chi connectivity index (χ3n) is 5.14. The Morgan fingerprint density at radius 3 is 2.20 bits per heavy atom. The van der Waals surface area contributed by atoms with Crippen LogP contribution < -0.4 is 0 Å². The summed E-state index contributed by atoms with van der Waals surface area (Å²) in [6.45, 7) is 6.79. The molecule has 0 spiro atoms. The molecule has 0 aromatic carbocycles. The van der Waals surface area contributed by atoms with Gasteiger partial charge >= 0.3 is 0 Å². The zero-order valence-corrected chi connectivity index (χ0v) is 9.83. The molecule has 1 aliphatic heterocycles. The van der Waals surface area contributed by atoms with Gasteiger partial charge in [-0.25, -0.2) is 0 Å². The summed E-state index contributed by atoms with van der Waals surface area (Å²) < 4.78 is 0. The van der Waals surface area contributed by atoms with E-state index in [-0.39, 0.29) is 0 Å². The average molecular weight is 207 g/mol. The van der Waals surface area contributed by atoms with E-state index in [0.717, 1.165) is 37.8 Å². The molecule has 3 rings (SSSR count). The second kappa shape index (κ2) is 2.99. The molecule has 1 heterocycles. The van der Waals surface area contributed by atoms with Crippen LogP contribution in [0.1, 0.15) is 39.5 Å². The van der Waals surface area contributed by atoms with Crippen LogP contribution in [-0.4, -0.2) is 23.9 Å². The minimum Gasteiger partial charge on any atom is -0.342 e. The van der Waals surface area contributed by atoms with Crippen molar-refractivity contribution >= 4 is 5.91 Å². The smallest absolute Gasteiger partial charge is 0.225 e. The normalized spacial score (nSPS) is 38.1. The molecule has 2 atom stereocenters. The fourth-order valence-electron chi connectivity index (χ4n) is 3.74. The maximum atomic E-state index is 12.2. The van der Waals surface area contributed by atoms with Crippen LogP contribution in [0.5, 0.6) is 0 Å². The number of carbonyl (C=O) groups excluding carboxylic acids is 1. The van der Waals surface area contributed by atoms with Gasteiger partial charge < -0.3 is 4.90 Å². The number of hydrogen-bond donors (Lipinski definition) is 0. The molecule has 2 heteroatoms. The lowest BCUT2D eigenvalue weighted by Crippen LogP contribution is -2.36. The van der Waals surface area contributed by atoms with Crippen LogP contribution in [0.25, 0.3) is 0 Å². The second-order valence-electron chi connectivity index (χ2n) is 6.26. The molecule has 2 aliphatic carbocycles. The van der Waals surface area contributed by atoms with Crippen LogP contribution in [0.3, 0.4) is 0 Å². The average Bonchev–Trinajstić information content (AvgIpc) is 2.79. The first-order valence-corrected chi connectivity index (χ1v) is 6.39. The van der Waals surface area contributed by atoms with Crippen LogP contribution in [0.4, 0.5) is 0 Å². The zero-order valence-electron chi connectivity index (χ0n) is 9.83. The topological polar surface area (TPSA) is 20.3 Å². The summed E-state index contributed by atoms with van der Waals surface area (Å²) in [6.07, 6.45) is 4.83. The lowest BCUT2D eigenvalue weighted by atomic mass is 10.0. The predicted octanol–water partition coefficient (Wildman–Crippen LogP) is 2.29. The Kier molecular flexibility index (Phi) is 1.93. The third-order valence-corrected chi connectivity index (χ3v) is 5.14. The summed E-state index contributed by atoms with van der Waals surface area (Å²) in [5.74, 6) is 2.46. The molecule has 84 valence electrons. The number of piperidine rings is 1. The first-order valence-electron chi connectivity index (χ1n) is 6.39. The molecule has 2 saturated carbocycles. The molecule has 2 unspecified atom stereocenters. The number of hydrogen-bond acceptors (Lipinski definition) is 1. The van der Waals surface area contributed by atoms with E-state index in [1.165, 1.54) is 12.8 Å². The Bertz CT molecular complexity index is 277. The van der Waals surface area contributed by atoms with Crippen LogP contribution in [0.2, 0.25) is 0 Å². The van der Waals surface area contributed by atoms with E-state index in [2.05, 4.69) is 18.7 Å². The van der Waals surface area contributed by atoms with Gasteiger partial charge in [0.15, 0.2) is 0 Å². The van der Waals surface area contributed by atoms with Gasteiger partial charge in [-0.1, -0.05) is 26.7 Å². The van der Waals surface area contributed by atoms with E-state index in [9.17, 15) is 4.79 Å². The summed E-state index contributed by atoms with van der Waals surface area (Å²) in [5, 5.41) is 0. The van der Waals surface area contributed by atoms with E-state index < -0.39 is 0 Å². The highest BCUT2D eigenvalue weighted by Crippen LogP contribution is 2.62. The Balaban J connectivity index is 1.60. The Hall–Kier alpha value is -0.530. The zero-order chi connectivity index (χ0) is 10.6. The van der Waals surface area contributed by atoms with E-state index in [0.29, 0.717) is 17.2 Å². The molecule has 1 saturated heterocycles. The second-order valence-corrected chi connectivity index (χ2v) is 6.26. The van der Waals surface area contributed by atoms with Gasteiger partial charge in [-0.05, 0) is 30.1 Å². The largest absolute Gasteiger partial charge is 0.342 e. The van der Waals surface area contributed by atoms with Crippen molar-refractivity contribution in [1.29, 1.82) is 0 Å². The summed E-state index contributed by atoms with van der Waals surface area (Å²) in [4.78, 5) is 14.3. The number of amides is 1. The molecular formula is C13H21NO. The number of fused-ring (bicyclic) bond motifs is 1. The van der Waals surface area contributed by atoms with E-state index >= 15 is 0 Å². The molecule has 0 aromatic heterocycles. The van der Waals surface area contributed by atoms with Gasteiger partial charge in [0.25, 0.3) is 0 Å². The van der Waals surface area contributed by atoms with Crippen molar-refractivity contribution in [2.24, 2.45) is 23.2 Å². The predicted molar refractivity (Wildman–Crippen MR) is 59.3 cm³/mol. The van der Waals surface area contributed by atoms with Crippen molar-refractivity contribution in [3.8, 4) is 0 Å².